The van der Waals surface area contributed by atoms with Crippen molar-refractivity contribution in [2.45, 2.75) is 31.8 Å². The summed E-state index contributed by atoms with van der Waals surface area (Å²) in [6.07, 6.45) is 3.21. The van der Waals surface area contributed by atoms with Crippen molar-refractivity contribution in [2.75, 3.05) is 39.3 Å². The molecule has 6 nitrogen and oxygen atoms in total. The van der Waals surface area contributed by atoms with Crippen LogP contribution in [-0.2, 0) is 4.79 Å². The van der Waals surface area contributed by atoms with E-state index in [-0.39, 0.29) is 23.8 Å². The topological polar surface area (TPSA) is 72.9 Å². The molecule has 2 saturated heterocycles. The summed E-state index contributed by atoms with van der Waals surface area (Å²) in [5.41, 5.74) is 0.482. The van der Waals surface area contributed by atoms with Crippen LogP contribution in [0.15, 0.2) is 24.3 Å². The molecule has 1 atom stereocenters. The monoisotopic (exact) mass is 393 g/mol. The smallest absolute Gasteiger partial charge is 0.252 e. The lowest BCUT2D eigenvalue weighted by Crippen LogP contribution is -2.48. The van der Waals surface area contributed by atoms with Crippen molar-refractivity contribution in [1.29, 1.82) is 0 Å². The highest BCUT2D eigenvalue weighted by Crippen LogP contribution is 2.18. The Bertz CT molecular complexity index is 662. The first-order chi connectivity index (χ1) is 13.0. The molecule has 2 fully saturated rings. The molecule has 2 N–H and O–H groups in total. The van der Waals surface area contributed by atoms with Crippen molar-refractivity contribution < 1.29 is 14.7 Å². The number of nitrogens with zero attached hydrogens (tertiary/aromatic N) is 2. The Morgan fingerprint density at radius 2 is 1.89 bits per heavy atom. The number of nitrogens with one attached hydrogen (secondary N) is 1. The largest absolute Gasteiger partial charge is 0.393 e. The second-order valence-corrected chi connectivity index (χ2v) is 7.95. The highest BCUT2D eigenvalue weighted by atomic mass is 35.5. The minimum Gasteiger partial charge on any atom is -0.393 e. The molecule has 0 radical (unpaired) electrons. The predicted molar refractivity (Wildman–Crippen MR) is 105 cm³/mol. The van der Waals surface area contributed by atoms with E-state index >= 15 is 0 Å². The number of likely N-dealkylation sites (tertiary alicyclic amines) is 2. The zero-order chi connectivity index (χ0) is 19.2. The molecule has 2 amide bonds. The van der Waals surface area contributed by atoms with E-state index in [2.05, 4.69) is 10.2 Å². The minimum atomic E-state index is -0.225. The number of carbonyl (C=O) groups is 2. The summed E-state index contributed by atoms with van der Waals surface area (Å²) in [6, 6.07) is 7.01. The number of hydrogen-bond donors (Lipinski definition) is 2. The van der Waals surface area contributed by atoms with Crippen LogP contribution in [0.4, 0.5) is 0 Å². The van der Waals surface area contributed by atoms with Gasteiger partial charge in [-0.3, -0.25) is 14.5 Å². The fourth-order valence-corrected chi connectivity index (χ4v) is 4.03. The zero-order valence-corrected chi connectivity index (χ0v) is 16.3. The minimum absolute atomic E-state index is 0.147. The van der Waals surface area contributed by atoms with Crippen molar-refractivity contribution in [1.82, 2.24) is 15.1 Å². The molecule has 0 unspecified atom stereocenters. The number of aliphatic hydroxyl groups is 1. The summed E-state index contributed by atoms with van der Waals surface area (Å²) in [5.74, 6) is 0.238. The van der Waals surface area contributed by atoms with Crippen molar-refractivity contribution in [3.8, 4) is 0 Å². The van der Waals surface area contributed by atoms with Gasteiger partial charge in [-0.2, -0.15) is 0 Å². The number of rotatable bonds is 5. The molecule has 2 heterocycles. The predicted octanol–water partition coefficient (Wildman–Crippen LogP) is 1.77. The van der Waals surface area contributed by atoms with E-state index < -0.39 is 0 Å². The van der Waals surface area contributed by atoms with Crippen LogP contribution in [0.5, 0.6) is 0 Å². The van der Waals surface area contributed by atoms with Crippen LogP contribution >= 0.6 is 11.6 Å². The fourth-order valence-electron chi connectivity index (χ4n) is 3.80. The van der Waals surface area contributed by atoms with Gasteiger partial charge >= 0.3 is 0 Å². The molecular formula is C20H28ClN3O3. The first kappa shape index (κ1) is 20.1. The van der Waals surface area contributed by atoms with Gasteiger partial charge in [0.1, 0.15) is 0 Å². The summed E-state index contributed by atoms with van der Waals surface area (Å²) >= 11 is 6.07. The Balaban J connectivity index is 1.45. The van der Waals surface area contributed by atoms with E-state index in [1.807, 2.05) is 4.90 Å². The quantitative estimate of drug-likeness (QED) is 0.799. The Labute approximate surface area is 165 Å². The van der Waals surface area contributed by atoms with Crippen LogP contribution in [0.25, 0.3) is 0 Å². The summed E-state index contributed by atoms with van der Waals surface area (Å²) in [5, 5.41) is 13.0. The number of carbonyl (C=O) groups excluding carboxylic acids is 2. The molecule has 2 aliphatic heterocycles. The summed E-state index contributed by atoms with van der Waals surface area (Å²) < 4.78 is 0. The first-order valence-corrected chi connectivity index (χ1v) is 10.1. The maximum atomic E-state index is 12.6. The number of halogens is 1. The fraction of sp³-hybridized carbons (Fsp3) is 0.600. The van der Waals surface area contributed by atoms with E-state index in [1.54, 1.807) is 24.3 Å². The molecule has 0 saturated carbocycles. The third-order valence-corrected chi connectivity index (χ3v) is 5.79. The number of amides is 2. The van der Waals surface area contributed by atoms with Crippen molar-refractivity contribution >= 4 is 23.4 Å². The Hall–Kier alpha value is -1.63. The average molecular weight is 394 g/mol. The number of piperidine rings is 2. The van der Waals surface area contributed by atoms with E-state index in [0.29, 0.717) is 30.2 Å². The van der Waals surface area contributed by atoms with Crippen LogP contribution in [0.3, 0.4) is 0 Å². The molecule has 7 heteroatoms. The second kappa shape index (κ2) is 9.53. The third kappa shape index (κ3) is 5.67. The van der Waals surface area contributed by atoms with E-state index in [1.165, 1.54) is 0 Å². The molecular weight excluding hydrogens is 366 g/mol. The lowest BCUT2D eigenvalue weighted by molar-refractivity contribution is -0.134. The van der Waals surface area contributed by atoms with Crippen LogP contribution in [-0.4, -0.2) is 72.1 Å². The normalized spacial score (nSPS) is 21.9. The lowest BCUT2D eigenvalue weighted by atomic mass is 9.97. The van der Waals surface area contributed by atoms with Crippen LogP contribution in [0, 0.1) is 5.92 Å². The number of benzene rings is 1. The van der Waals surface area contributed by atoms with Crippen molar-refractivity contribution in [3.05, 3.63) is 34.9 Å². The van der Waals surface area contributed by atoms with Crippen LogP contribution < -0.4 is 5.32 Å². The Kier molecular flexibility index (Phi) is 7.10. The molecule has 1 aromatic carbocycles. The molecule has 1 aromatic rings. The van der Waals surface area contributed by atoms with Gasteiger partial charge in [-0.1, -0.05) is 23.7 Å². The van der Waals surface area contributed by atoms with Crippen molar-refractivity contribution in [3.63, 3.8) is 0 Å². The zero-order valence-electron chi connectivity index (χ0n) is 15.6. The Morgan fingerprint density at radius 3 is 2.63 bits per heavy atom. The van der Waals surface area contributed by atoms with Crippen LogP contribution in [0.1, 0.15) is 36.0 Å². The van der Waals surface area contributed by atoms with Gasteiger partial charge in [0.2, 0.25) is 5.91 Å². The number of hydrogen-bond acceptors (Lipinski definition) is 4. The van der Waals surface area contributed by atoms with Gasteiger partial charge in [-0.05, 0) is 43.7 Å². The van der Waals surface area contributed by atoms with Crippen LogP contribution in [0.2, 0.25) is 5.02 Å². The number of aliphatic hydroxyl groups excluding tert-OH is 1. The SMILES string of the molecule is O=C(NC[C@H]1CCCN(C(=O)CN2CCC(O)CC2)C1)c1ccccc1Cl. The average Bonchev–Trinajstić information content (AvgIpc) is 2.68. The highest BCUT2D eigenvalue weighted by Gasteiger charge is 2.26. The van der Waals surface area contributed by atoms with E-state index in [0.717, 1.165) is 45.3 Å². The molecule has 27 heavy (non-hydrogen) atoms. The molecule has 0 spiro atoms. The van der Waals surface area contributed by atoms with Gasteiger partial charge < -0.3 is 15.3 Å². The Morgan fingerprint density at radius 1 is 1.15 bits per heavy atom. The molecule has 0 bridgehead atoms. The molecule has 0 aliphatic carbocycles. The molecule has 3 rings (SSSR count). The van der Waals surface area contributed by atoms with E-state index in [4.69, 9.17) is 11.6 Å². The maximum Gasteiger partial charge on any atom is 0.252 e. The van der Waals surface area contributed by atoms with Gasteiger partial charge in [0, 0.05) is 32.7 Å². The van der Waals surface area contributed by atoms with Crippen molar-refractivity contribution in [2.24, 2.45) is 5.92 Å². The highest BCUT2D eigenvalue weighted by molar-refractivity contribution is 6.33. The van der Waals surface area contributed by atoms with Gasteiger partial charge in [0.15, 0.2) is 0 Å². The first-order valence-electron chi connectivity index (χ1n) is 9.74. The summed E-state index contributed by atoms with van der Waals surface area (Å²) in [7, 11) is 0. The maximum absolute atomic E-state index is 12.6. The summed E-state index contributed by atoms with van der Waals surface area (Å²) in [6.45, 7) is 3.98. The molecule has 148 valence electrons. The van der Waals surface area contributed by atoms with Gasteiger partial charge in [0.25, 0.3) is 5.91 Å². The van der Waals surface area contributed by atoms with Gasteiger partial charge in [-0.15, -0.1) is 0 Å². The standard InChI is InChI=1S/C20H28ClN3O3/c21-18-6-2-1-5-17(18)20(27)22-12-15-4-3-9-24(13-15)19(26)14-23-10-7-16(25)8-11-23/h1-2,5-6,15-16,25H,3-4,7-14H2,(H,22,27)/t15-/m1/s1. The van der Waals surface area contributed by atoms with Gasteiger partial charge in [0.05, 0.1) is 23.2 Å². The molecule has 2 aliphatic rings. The second-order valence-electron chi connectivity index (χ2n) is 7.55. The summed E-state index contributed by atoms with van der Waals surface area (Å²) in [4.78, 5) is 29.0. The third-order valence-electron chi connectivity index (χ3n) is 5.46. The molecule has 0 aromatic heterocycles. The van der Waals surface area contributed by atoms with Gasteiger partial charge in [-0.25, -0.2) is 0 Å². The van der Waals surface area contributed by atoms with E-state index in [9.17, 15) is 14.7 Å². The lowest BCUT2D eigenvalue weighted by Gasteiger charge is -2.35.